The van der Waals surface area contributed by atoms with Crippen LogP contribution < -0.4 is 10.2 Å². The molecule has 0 spiro atoms. The van der Waals surface area contributed by atoms with Gasteiger partial charge in [0, 0.05) is 9.94 Å². The van der Waals surface area contributed by atoms with E-state index in [4.69, 9.17) is 14.8 Å². The average molecular weight is 310 g/mol. The summed E-state index contributed by atoms with van der Waals surface area (Å²) in [4.78, 5) is 0. The SMILES string of the molecule is COc1ccc(Br)c(B(O)O)c1Br. The average Bonchev–Trinajstić information content (AvgIpc) is 2.04. The molecule has 1 aromatic carbocycles. The molecular formula is C7H7BBr2O3. The van der Waals surface area contributed by atoms with Gasteiger partial charge in [-0.2, -0.15) is 0 Å². The van der Waals surface area contributed by atoms with E-state index in [0.29, 0.717) is 20.2 Å². The number of hydrogen-bond acceptors (Lipinski definition) is 3. The van der Waals surface area contributed by atoms with E-state index in [2.05, 4.69) is 31.9 Å². The Labute approximate surface area is 93.1 Å². The molecule has 3 nitrogen and oxygen atoms in total. The summed E-state index contributed by atoms with van der Waals surface area (Å²) < 4.78 is 6.16. The van der Waals surface area contributed by atoms with Crippen molar-refractivity contribution in [2.75, 3.05) is 7.11 Å². The molecule has 0 aliphatic rings. The highest BCUT2D eigenvalue weighted by Crippen LogP contribution is 2.26. The minimum Gasteiger partial charge on any atom is -0.496 e. The van der Waals surface area contributed by atoms with Crippen molar-refractivity contribution in [1.29, 1.82) is 0 Å². The summed E-state index contributed by atoms with van der Waals surface area (Å²) in [7, 11) is -0.0134. The molecule has 0 saturated carbocycles. The smallest absolute Gasteiger partial charge is 0.490 e. The van der Waals surface area contributed by atoms with Crippen LogP contribution in [0.2, 0.25) is 0 Å². The maximum atomic E-state index is 9.05. The van der Waals surface area contributed by atoms with Gasteiger partial charge in [-0.05, 0) is 28.1 Å². The summed E-state index contributed by atoms with van der Waals surface area (Å²) in [6.07, 6.45) is 0. The van der Waals surface area contributed by atoms with Gasteiger partial charge in [0.2, 0.25) is 0 Å². The van der Waals surface area contributed by atoms with Crippen molar-refractivity contribution in [1.82, 2.24) is 0 Å². The van der Waals surface area contributed by atoms with E-state index in [-0.39, 0.29) is 0 Å². The Hall–Kier alpha value is -0.0351. The van der Waals surface area contributed by atoms with Crippen LogP contribution in [0.4, 0.5) is 0 Å². The summed E-state index contributed by atoms with van der Waals surface area (Å²) in [6, 6.07) is 3.42. The molecule has 0 unspecified atom stereocenters. The van der Waals surface area contributed by atoms with Crippen LogP contribution in [0.25, 0.3) is 0 Å². The first-order valence-corrected chi connectivity index (χ1v) is 5.04. The van der Waals surface area contributed by atoms with Gasteiger partial charge in [0.1, 0.15) is 5.75 Å². The topological polar surface area (TPSA) is 49.7 Å². The maximum Gasteiger partial charge on any atom is 0.490 e. The molecular weight excluding hydrogens is 303 g/mol. The summed E-state index contributed by atoms with van der Waals surface area (Å²) in [5, 5.41) is 18.1. The van der Waals surface area contributed by atoms with Crippen molar-refractivity contribution in [3.05, 3.63) is 21.1 Å². The van der Waals surface area contributed by atoms with Gasteiger partial charge in [0.25, 0.3) is 0 Å². The molecule has 1 aromatic rings. The first-order chi connectivity index (χ1) is 6.07. The summed E-state index contributed by atoms with van der Waals surface area (Å²) in [6.45, 7) is 0. The molecule has 0 aliphatic heterocycles. The molecule has 0 fully saturated rings. The van der Waals surface area contributed by atoms with Gasteiger partial charge >= 0.3 is 7.12 Å². The normalized spacial score (nSPS) is 9.92. The zero-order chi connectivity index (χ0) is 10.0. The van der Waals surface area contributed by atoms with Gasteiger partial charge in [-0.25, -0.2) is 0 Å². The molecule has 0 atom stereocenters. The van der Waals surface area contributed by atoms with E-state index in [0.717, 1.165) is 0 Å². The van der Waals surface area contributed by atoms with Crippen molar-refractivity contribution in [2.45, 2.75) is 0 Å². The molecule has 2 N–H and O–H groups in total. The van der Waals surface area contributed by atoms with E-state index in [9.17, 15) is 0 Å². The summed E-state index contributed by atoms with van der Waals surface area (Å²) >= 11 is 6.42. The predicted octanol–water partition coefficient (Wildman–Crippen LogP) is 0.900. The number of halogens is 2. The first kappa shape index (κ1) is 11.0. The Morgan fingerprint density at radius 3 is 2.38 bits per heavy atom. The molecule has 70 valence electrons. The molecule has 6 heteroatoms. The van der Waals surface area contributed by atoms with Gasteiger partial charge in [-0.15, -0.1) is 0 Å². The third kappa shape index (κ3) is 2.25. The second kappa shape index (κ2) is 4.46. The number of methoxy groups -OCH3 is 1. The summed E-state index contributed by atoms with van der Waals surface area (Å²) in [5.41, 5.74) is 0.361. The van der Waals surface area contributed by atoms with Crippen LogP contribution in [0.5, 0.6) is 5.75 Å². The number of hydrogen-bond donors (Lipinski definition) is 2. The molecule has 0 amide bonds. The molecule has 0 heterocycles. The lowest BCUT2D eigenvalue weighted by Crippen LogP contribution is -2.32. The van der Waals surface area contributed by atoms with Crippen LogP contribution in [0.1, 0.15) is 0 Å². The lowest BCUT2D eigenvalue weighted by atomic mass is 9.80. The molecule has 0 saturated heterocycles. The molecule has 0 aromatic heterocycles. The van der Waals surface area contributed by atoms with Crippen LogP contribution in [0.15, 0.2) is 21.1 Å². The fraction of sp³-hybridized carbons (Fsp3) is 0.143. The van der Waals surface area contributed by atoms with Gasteiger partial charge in [-0.1, -0.05) is 15.9 Å². The van der Waals surface area contributed by atoms with Crippen molar-refractivity contribution in [3.8, 4) is 5.75 Å². The van der Waals surface area contributed by atoms with E-state index < -0.39 is 7.12 Å². The van der Waals surface area contributed by atoms with E-state index in [1.165, 1.54) is 7.11 Å². The first-order valence-electron chi connectivity index (χ1n) is 3.46. The Balaban J connectivity index is 3.30. The Bertz CT molecular complexity index is 317. The quantitative estimate of drug-likeness (QED) is 0.798. The van der Waals surface area contributed by atoms with Crippen molar-refractivity contribution < 1.29 is 14.8 Å². The van der Waals surface area contributed by atoms with Gasteiger partial charge < -0.3 is 14.8 Å². The second-order valence-electron chi connectivity index (χ2n) is 2.35. The molecule has 1 rings (SSSR count). The predicted molar refractivity (Wildman–Crippen MR) is 58.2 cm³/mol. The number of rotatable bonds is 2. The zero-order valence-electron chi connectivity index (χ0n) is 6.79. The Kier molecular flexibility index (Phi) is 3.79. The minimum atomic E-state index is -1.53. The lowest BCUT2D eigenvalue weighted by Gasteiger charge is -2.09. The molecule has 13 heavy (non-hydrogen) atoms. The van der Waals surface area contributed by atoms with Crippen molar-refractivity contribution in [3.63, 3.8) is 0 Å². The lowest BCUT2D eigenvalue weighted by molar-refractivity contribution is 0.409. The van der Waals surface area contributed by atoms with Crippen molar-refractivity contribution in [2.24, 2.45) is 0 Å². The second-order valence-corrected chi connectivity index (χ2v) is 4.00. The highest BCUT2D eigenvalue weighted by Gasteiger charge is 2.21. The van der Waals surface area contributed by atoms with Gasteiger partial charge in [0.05, 0.1) is 11.6 Å². The monoisotopic (exact) mass is 308 g/mol. The fourth-order valence-electron chi connectivity index (χ4n) is 0.944. The Morgan fingerprint density at radius 1 is 1.31 bits per heavy atom. The van der Waals surface area contributed by atoms with E-state index >= 15 is 0 Å². The number of ether oxygens (including phenoxy) is 1. The van der Waals surface area contributed by atoms with Crippen LogP contribution in [0.3, 0.4) is 0 Å². The summed E-state index contributed by atoms with van der Waals surface area (Å²) in [5.74, 6) is 0.561. The maximum absolute atomic E-state index is 9.05. The highest BCUT2D eigenvalue weighted by atomic mass is 79.9. The van der Waals surface area contributed by atoms with Crippen molar-refractivity contribution >= 4 is 44.4 Å². The fourth-order valence-corrected chi connectivity index (χ4v) is 2.46. The Morgan fingerprint density at radius 2 is 1.92 bits per heavy atom. The standard InChI is InChI=1S/C7H7BBr2O3/c1-13-5-3-2-4(9)6(7(5)10)8(11)12/h2-3,11-12H,1H3. The van der Waals surface area contributed by atoms with E-state index in [1.54, 1.807) is 12.1 Å². The molecule has 0 bridgehead atoms. The van der Waals surface area contributed by atoms with Crippen LogP contribution in [-0.2, 0) is 0 Å². The number of benzene rings is 1. The minimum absolute atomic E-state index is 0.361. The molecule has 0 aliphatic carbocycles. The van der Waals surface area contributed by atoms with Crippen LogP contribution in [-0.4, -0.2) is 24.3 Å². The van der Waals surface area contributed by atoms with Crippen LogP contribution >= 0.6 is 31.9 Å². The van der Waals surface area contributed by atoms with Crippen LogP contribution in [0, 0.1) is 0 Å². The molecule has 0 radical (unpaired) electrons. The largest absolute Gasteiger partial charge is 0.496 e. The van der Waals surface area contributed by atoms with Gasteiger partial charge in [0.15, 0.2) is 0 Å². The third-order valence-corrected chi connectivity index (χ3v) is 3.08. The zero-order valence-corrected chi connectivity index (χ0v) is 9.96. The third-order valence-electron chi connectivity index (χ3n) is 1.57. The highest BCUT2D eigenvalue weighted by molar-refractivity contribution is 9.11. The van der Waals surface area contributed by atoms with Gasteiger partial charge in [-0.3, -0.25) is 0 Å². The van der Waals surface area contributed by atoms with E-state index in [1.807, 2.05) is 0 Å².